The molecule has 5 heteroatoms. The summed E-state index contributed by atoms with van der Waals surface area (Å²) >= 11 is 0. The zero-order chi connectivity index (χ0) is 11.3. The Hall–Kier alpha value is -1.78. The first-order valence-corrected chi connectivity index (χ1v) is 4.65. The minimum Gasteiger partial charge on any atom is -0.481 e. The molecular weight excluding hydrogens is 198 g/mol. The summed E-state index contributed by atoms with van der Waals surface area (Å²) in [4.78, 5) is 21.8. The molecule has 0 saturated carbocycles. The van der Waals surface area contributed by atoms with E-state index < -0.39 is 11.9 Å². The van der Waals surface area contributed by atoms with Crippen LogP contribution in [-0.2, 0) is 4.79 Å². The Morgan fingerprint density at radius 2 is 2.33 bits per heavy atom. The van der Waals surface area contributed by atoms with Crippen LogP contribution in [0.1, 0.15) is 23.9 Å². The van der Waals surface area contributed by atoms with E-state index in [1.807, 2.05) is 0 Å². The first-order valence-electron chi connectivity index (χ1n) is 4.65. The lowest BCUT2D eigenvalue weighted by Gasteiger charge is -2.06. The van der Waals surface area contributed by atoms with Gasteiger partial charge < -0.3 is 14.8 Å². The molecule has 2 N–H and O–H groups in total. The fourth-order valence-corrected chi connectivity index (χ4v) is 1.02. The molecule has 0 radical (unpaired) electrons. The topological polar surface area (TPSA) is 79.5 Å². The van der Waals surface area contributed by atoms with Gasteiger partial charge in [0.2, 0.25) is 0 Å². The van der Waals surface area contributed by atoms with Gasteiger partial charge in [-0.3, -0.25) is 9.59 Å². The van der Waals surface area contributed by atoms with Crippen LogP contribution in [-0.4, -0.2) is 23.5 Å². The normalized spacial score (nSPS) is 12.1. The van der Waals surface area contributed by atoms with Crippen LogP contribution in [0.25, 0.3) is 0 Å². The van der Waals surface area contributed by atoms with Crippen LogP contribution in [0.4, 0.5) is 0 Å². The second-order valence-electron chi connectivity index (χ2n) is 3.26. The molecule has 0 aliphatic carbocycles. The summed E-state index contributed by atoms with van der Waals surface area (Å²) in [6, 6.07) is 3.17. The number of carbonyl (C=O) groups is 2. The van der Waals surface area contributed by atoms with Crippen molar-refractivity contribution in [2.75, 3.05) is 6.54 Å². The van der Waals surface area contributed by atoms with Crippen LogP contribution in [0.15, 0.2) is 22.8 Å². The van der Waals surface area contributed by atoms with Gasteiger partial charge >= 0.3 is 5.97 Å². The fraction of sp³-hybridized carbons (Fsp3) is 0.400. The SMILES string of the molecule is CC(CCNC(=O)c1ccco1)C(=O)O. The molecule has 0 saturated heterocycles. The summed E-state index contributed by atoms with van der Waals surface area (Å²) in [7, 11) is 0. The van der Waals surface area contributed by atoms with Crippen molar-refractivity contribution in [2.24, 2.45) is 5.92 Å². The molecule has 1 rings (SSSR count). The number of carbonyl (C=O) groups excluding carboxylic acids is 1. The van der Waals surface area contributed by atoms with Crippen molar-refractivity contribution >= 4 is 11.9 Å². The highest BCUT2D eigenvalue weighted by molar-refractivity contribution is 5.91. The summed E-state index contributed by atoms with van der Waals surface area (Å²) in [5.74, 6) is -1.40. The lowest BCUT2D eigenvalue weighted by molar-refractivity contribution is -0.141. The van der Waals surface area contributed by atoms with Crippen molar-refractivity contribution in [3.8, 4) is 0 Å². The van der Waals surface area contributed by atoms with Crippen molar-refractivity contribution in [3.63, 3.8) is 0 Å². The lowest BCUT2D eigenvalue weighted by Crippen LogP contribution is -2.26. The number of carboxylic acid groups (broad SMARTS) is 1. The largest absolute Gasteiger partial charge is 0.481 e. The maximum atomic E-state index is 11.3. The van der Waals surface area contributed by atoms with Crippen LogP contribution in [0.5, 0.6) is 0 Å². The Bertz CT molecular complexity index is 331. The van der Waals surface area contributed by atoms with E-state index in [1.54, 1.807) is 19.1 Å². The van der Waals surface area contributed by atoms with Gasteiger partial charge in [0.15, 0.2) is 5.76 Å². The Morgan fingerprint density at radius 1 is 1.60 bits per heavy atom. The van der Waals surface area contributed by atoms with E-state index >= 15 is 0 Å². The van der Waals surface area contributed by atoms with Gasteiger partial charge in [0.05, 0.1) is 12.2 Å². The van der Waals surface area contributed by atoms with E-state index in [4.69, 9.17) is 9.52 Å². The van der Waals surface area contributed by atoms with Crippen molar-refractivity contribution in [2.45, 2.75) is 13.3 Å². The summed E-state index contributed by atoms with van der Waals surface area (Å²) in [5, 5.41) is 11.2. The van der Waals surface area contributed by atoms with Gasteiger partial charge in [0, 0.05) is 6.54 Å². The van der Waals surface area contributed by atoms with Crippen molar-refractivity contribution in [3.05, 3.63) is 24.2 Å². The van der Waals surface area contributed by atoms with Gasteiger partial charge in [0.25, 0.3) is 5.91 Å². The second-order valence-corrected chi connectivity index (χ2v) is 3.26. The molecule has 15 heavy (non-hydrogen) atoms. The molecule has 1 aromatic rings. The number of amides is 1. The molecule has 1 atom stereocenters. The molecule has 0 aliphatic rings. The van der Waals surface area contributed by atoms with Gasteiger partial charge in [-0.2, -0.15) is 0 Å². The minimum atomic E-state index is -0.859. The number of rotatable bonds is 5. The Balaban J connectivity index is 2.27. The van der Waals surface area contributed by atoms with Crippen LogP contribution in [0.3, 0.4) is 0 Å². The molecule has 1 heterocycles. The molecule has 0 spiro atoms. The molecule has 5 nitrogen and oxygen atoms in total. The summed E-state index contributed by atoms with van der Waals surface area (Å²) in [5.41, 5.74) is 0. The molecule has 82 valence electrons. The zero-order valence-electron chi connectivity index (χ0n) is 8.40. The quantitative estimate of drug-likeness (QED) is 0.764. The molecule has 0 aliphatic heterocycles. The number of hydrogen-bond acceptors (Lipinski definition) is 3. The fourth-order valence-electron chi connectivity index (χ4n) is 1.02. The van der Waals surface area contributed by atoms with Crippen molar-refractivity contribution in [1.29, 1.82) is 0 Å². The molecule has 1 aromatic heterocycles. The van der Waals surface area contributed by atoms with E-state index in [1.165, 1.54) is 6.26 Å². The summed E-state index contributed by atoms with van der Waals surface area (Å²) in [6.45, 7) is 1.92. The Kier molecular flexibility index (Phi) is 3.91. The average Bonchev–Trinajstić information content (AvgIpc) is 2.70. The van der Waals surface area contributed by atoms with E-state index in [-0.39, 0.29) is 11.7 Å². The molecule has 1 unspecified atom stereocenters. The number of aliphatic carboxylic acids is 1. The predicted molar refractivity (Wildman–Crippen MR) is 52.5 cm³/mol. The third-order valence-corrected chi connectivity index (χ3v) is 2.03. The molecular formula is C10H13NO4. The van der Waals surface area contributed by atoms with E-state index in [9.17, 15) is 9.59 Å². The van der Waals surface area contributed by atoms with Gasteiger partial charge in [0.1, 0.15) is 0 Å². The smallest absolute Gasteiger partial charge is 0.306 e. The molecule has 0 aromatic carbocycles. The van der Waals surface area contributed by atoms with E-state index in [0.717, 1.165) is 0 Å². The predicted octanol–water partition coefficient (Wildman–Crippen LogP) is 1.12. The van der Waals surface area contributed by atoms with Crippen LogP contribution >= 0.6 is 0 Å². The zero-order valence-corrected chi connectivity index (χ0v) is 8.40. The average molecular weight is 211 g/mol. The molecule has 0 fully saturated rings. The third kappa shape index (κ3) is 3.46. The number of nitrogens with one attached hydrogen (secondary N) is 1. The van der Waals surface area contributed by atoms with Gasteiger partial charge in [-0.25, -0.2) is 0 Å². The molecule has 1 amide bonds. The third-order valence-electron chi connectivity index (χ3n) is 2.03. The van der Waals surface area contributed by atoms with E-state index in [2.05, 4.69) is 5.32 Å². The number of carboxylic acids is 1. The minimum absolute atomic E-state index is 0.234. The maximum absolute atomic E-state index is 11.3. The number of furan rings is 1. The van der Waals surface area contributed by atoms with Crippen LogP contribution in [0, 0.1) is 5.92 Å². The highest BCUT2D eigenvalue weighted by atomic mass is 16.4. The van der Waals surface area contributed by atoms with E-state index in [0.29, 0.717) is 13.0 Å². The first kappa shape index (κ1) is 11.3. The Labute approximate surface area is 87.1 Å². The van der Waals surface area contributed by atoms with Gasteiger partial charge in [-0.15, -0.1) is 0 Å². The van der Waals surface area contributed by atoms with Crippen LogP contribution in [0.2, 0.25) is 0 Å². The van der Waals surface area contributed by atoms with Gasteiger partial charge in [-0.05, 0) is 18.6 Å². The number of hydrogen-bond donors (Lipinski definition) is 2. The highest BCUT2D eigenvalue weighted by Crippen LogP contribution is 2.02. The van der Waals surface area contributed by atoms with Crippen molar-refractivity contribution in [1.82, 2.24) is 5.32 Å². The first-order chi connectivity index (χ1) is 7.11. The summed E-state index contributed by atoms with van der Waals surface area (Å²) < 4.78 is 4.87. The highest BCUT2D eigenvalue weighted by Gasteiger charge is 2.12. The maximum Gasteiger partial charge on any atom is 0.306 e. The van der Waals surface area contributed by atoms with Crippen molar-refractivity contribution < 1.29 is 19.1 Å². The monoisotopic (exact) mass is 211 g/mol. The Morgan fingerprint density at radius 3 is 2.87 bits per heavy atom. The second kappa shape index (κ2) is 5.19. The lowest BCUT2D eigenvalue weighted by atomic mass is 10.1. The van der Waals surface area contributed by atoms with Crippen LogP contribution < -0.4 is 5.32 Å². The molecule has 0 bridgehead atoms. The summed E-state index contributed by atoms with van der Waals surface area (Å²) in [6.07, 6.45) is 1.82. The standard InChI is InChI=1S/C10H13NO4/c1-7(10(13)14)4-5-11-9(12)8-3-2-6-15-8/h2-3,6-7H,4-5H2,1H3,(H,11,12)(H,13,14). The van der Waals surface area contributed by atoms with Gasteiger partial charge in [-0.1, -0.05) is 6.92 Å².